The highest BCUT2D eigenvalue weighted by atomic mass is 31.1. The van der Waals surface area contributed by atoms with Crippen LogP contribution < -0.4 is 14.8 Å². The molecule has 2 unspecified atom stereocenters. The molecular formula is C19H25O4P. The Morgan fingerprint density at radius 3 is 2.50 bits per heavy atom. The SMILES string of the molecule is CCCC(Pc1ccccc1CO)c1cc(OC)cc(OC)c1O. The summed E-state index contributed by atoms with van der Waals surface area (Å²) < 4.78 is 10.6. The minimum absolute atomic E-state index is 0.0232. The number of phenols is 1. The third-order valence-electron chi connectivity index (χ3n) is 4.00. The Labute approximate surface area is 145 Å². The highest BCUT2D eigenvalue weighted by Crippen LogP contribution is 2.47. The smallest absolute Gasteiger partial charge is 0.164 e. The van der Waals surface area contributed by atoms with Gasteiger partial charge in [0, 0.05) is 17.3 Å². The van der Waals surface area contributed by atoms with E-state index in [4.69, 9.17) is 9.47 Å². The van der Waals surface area contributed by atoms with Gasteiger partial charge in [-0.15, -0.1) is 0 Å². The molecule has 0 aliphatic heterocycles. The fraction of sp³-hybridized carbons (Fsp3) is 0.368. The molecule has 2 atom stereocenters. The number of phenolic OH excluding ortho intramolecular Hbond substituents is 1. The van der Waals surface area contributed by atoms with Crippen molar-refractivity contribution in [3.63, 3.8) is 0 Å². The predicted molar refractivity (Wildman–Crippen MR) is 99.2 cm³/mol. The predicted octanol–water partition coefficient (Wildman–Crippen LogP) is 3.75. The molecule has 0 bridgehead atoms. The Morgan fingerprint density at radius 2 is 1.88 bits per heavy atom. The van der Waals surface area contributed by atoms with Crippen molar-refractivity contribution >= 4 is 13.9 Å². The van der Waals surface area contributed by atoms with Crippen LogP contribution in [0.5, 0.6) is 17.2 Å². The maximum absolute atomic E-state index is 10.6. The summed E-state index contributed by atoms with van der Waals surface area (Å²) in [6.45, 7) is 2.15. The van der Waals surface area contributed by atoms with E-state index >= 15 is 0 Å². The fourth-order valence-electron chi connectivity index (χ4n) is 2.72. The second-order valence-electron chi connectivity index (χ2n) is 5.57. The van der Waals surface area contributed by atoms with Crippen LogP contribution in [0.25, 0.3) is 0 Å². The molecule has 0 spiro atoms. The highest BCUT2D eigenvalue weighted by molar-refractivity contribution is 7.47. The van der Waals surface area contributed by atoms with Crippen molar-refractivity contribution in [1.82, 2.24) is 0 Å². The molecule has 0 aromatic heterocycles. The number of aliphatic hydroxyl groups excluding tert-OH is 1. The van der Waals surface area contributed by atoms with Crippen molar-refractivity contribution in [3.8, 4) is 17.2 Å². The zero-order valence-corrected chi connectivity index (χ0v) is 15.4. The van der Waals surface area contributed by atoms with Crippen LogP contribution in [0.3, 0.4) is 0 Å². The van der Waals surface area contributed by atoms with Crippen LogP contribution in [0.4, 0.5) is 0 Å². The topological polar surface area (TPSA) is 58.9 Å². The van der Waals surface area contributed by atoms with Gasteiger partial charge >= 0.3 is 0 Å². The molecule has 130 valence electrons. The van der Waals surface area contributed by atoms with E-state index < -0.39 is 0 Å². The van der Waals surface area contributed by atoms with Crippen LogP contribution in [-0.4, -0.2) is 24.4 Å². The molecule has 2 aromatic carbocycles. The molecule has 0 amide bonds. The number of methoxy groups -OCH3 is 2. The van der Waals surface area contributed by atoms with Crippen molar-refractivity contribution in [3.05, 3.63) is 47.5 Å². The lowest BCUT2D eigenvalue weighted by atomic mass is 10.1. The van der Waals surface area contributed by atoms with Gasteiger partial charge in [0.15, 0.2) is 11.5 Å². The molecule has 0 aliphatic rings. The van der Waals surface area contributed by atoms with E-state index in [1.807, 2.05) is 30.3 Å². The van der Waals surface area contributed by atoms with Crippen LogP contribution in [0, 0.1) is 0 Å². The number of aromatic hydroxyl groups is 1. The van der Waals surface area contributed by atoms with Gasteiger partial charge in [-0.3, -0.25) is 0 Å². The van der Waals surface area contributed by atoms with Crippen LogP contribution in [0.2, 0.25) is 0 Å². The third-order valence-corrected chi connectivity index (χ3v) is 5.75. The van der Waals surface area contributed by atoms with Crippen LogP contribution in [0.15, 0.2) is 36.4 Å². The van der Waals surface area contributed by atoms with E-state index in [1.54, 1.807) is 13.2 Å². The van der Waals surface area contributed by atoms with Crippen LogP contribution >= 0.6 is 8.58 Å². The summed E-state index contributed by atoms with van der Waals surface area (Å²) in [5.74, 6) is 1.26. The first-order valence-corrected chi connectivity index (χ1v) is 9.12. The Kier molecular flexibility index (Phi) is 6.89. The van der Waals surface area contributed by atoms with Crippen molar-refractivity contribution in [2.75, 3.05) is 14.2 Å². The van der Waals surface area contributed by atoms with E-state index in [-0.39, 0.29) is 18.0 Å². The number of hydrogen-bond donors (Lipinski definition) is 2. The molecule has 0 saturated heterocycles. The largest absolute Gasteiger partial charge is 0.504 e. The lowest BCUT2D eigenvalue weighted by molar-refractivity contribution is 0.283. The summed E-state index contributed by atoms with van der Waals surface area (Å²) in [5.41, 5.74) is 1.91. The number of ether oxygens (including phenoxy) is 2. The fourth-order valence-corrected chi connectivity index (χ4v) is 4.45. The van der Waals surface area contributed by atoms with Gasteiger partial charge in [0.2, 0.25) is 0 Å². The van der Waals surface area contributed by atoms with Gasteiger partial charge in [-0.05, 0) is 23.4 Å². The van der Waals surface area contributed by atoms with Gasteiger partial charge in [0.05, 0.1) is 20.8 Å². The van der Waals surface area contributed by atoms with Crippen LogP contribution in [0.1, 0.15) is 36.6 Å². The Bertz CT molecular complexity index is 672. The molecule has 5 heteroatoms. The Hall–Kier alpha value is -1.77. The second-order valence-corrected chi connectivity index (χ2v) is 7.09. The molecule has 2 N–H and O–H groups in total. The first-order chi connectivity index (χ1) is 11.6. The molecule has 0 fully saturated rings. The van der Waals surface area contributed by atoms with Crippen molar-refractivity contribution in [2.24, 2.45) is 0 Å². The summed E-state index contributed by atoms with van der Waals surface area (Å²) in [5, 5.41) is 21.3. The van der Waals surface area contributed by atoms with Gasteiger partial charge in [-0.1, -0.05) is 46.2 Å². The normalized spacial score (nSPS) is 12.5. The molecular weight excluding hydrogens is 323 g/mol. The molecule has 4 nitrogen and oxygen atoms in total. The first-order valence-electron chi connectivity index (χ1n) is 8.04. The molecule has 0 radical (unpaired) electrons. The summed E-state index contributed by atoms with van der Waals surface area (Å²) in [4.78, 5) is 0. The van der Waals surface area contributed by atoms with Crippen molar-refractivity contribution < 1.29 is 19.7 Å². The number of aliphatic hydroxyl groups is 1. The molecule has 24 heavy (non-hydrogen) atoms. The lowest BCUT2D eigenvalue weighted by Gasteiger charge is -2.21. The average molecular weight is 348 g/mol. The van der Waals surface area contributed by atoms with Crippen LogP contribution in [-0.2, 0) is 6.61 Å². The molecule has 0 heterocycles. The maximum atomic E-state index is 10.6. The first kappa shape index (κ1) is 18.6. The van der Waals surface area contributed by atoms with Gasteiger partial charge < -0.3 is 19.7 Å². The summed E-state index contributed by atoms with van der Waals surface area (Å²) >= 11 is 0. The second kappa shape index (κ2) is 8.91. The van der Waals surface area contributed by atoms with E-state index in [2.05, 4.69) is 6.92 Å². The monoisotopic (exact) mass is 348 g/mol. The van der Waals surface area contributed by atoms with E-state index in [0.717, 1.165) is 29.3 Å². The minimum Gasteiger partial charge on any atom is -0.504 e. The van der Waals surface area contributed by atoms with Gasteiger partial charge in [0.25, 0.3) is 0 Å². The van der Waals surface area contributed by atoms with Crippen molar-refractivity contribution in [1.29, 1.82) is 0 Å². The summed E-state index contributed by atoms with van der Waals surface area (Å²) in [6, 6.07) is 11.5. The van der Waals surface area contributed by atoms with E-state index in [0.29, 0.717) is 20.1 Å². The Morgan fingerprint density at radius 1 is 1.12 bits per heavy atom. The summed E-state index contributed by atoms with van der Waals surface area (Å²) in [7, 11) is 3.59. The van der Waals surface area contributed by atoms with E-state index in [9.17, 15) is 10.2 Å². The third kappa shape index (κ3) is 4.19. The number of hydrogen-bond acceptors (Lipinski definition) is 4. The zero-order valence-electron chi connectivity index (χ0n) is 14.4. The maximum Gasteiger partial charge on any atom is 0.164 e. The lowest BCUT2D eigenvalue weighted by Crippen LogP contribution is -2.07. The highest BCUT2D eigenvalue weighted by Gasteiger charge is 2.21. The quantitative estimate of drug-likeness (QED) is 0.714. The Balaban J connectivity index is 2.43. The zero-order chi connectivity index (χ0) is 17.5. The standard InChI is InChI=1S/C19H25O4P/c1-4-7-18(24-17-9-6-5-8-13(17)12-20)15-10-14(22-2)11-16(23-3)19(15)21/h5-6,8-11,18,20-21,24H,4,7,12H2,1-3H3. The van der Waals surface area contributed by atoms with Gasteiger partial charge in [0.1, 0.15) is 5.75 Å². The van der Waals surface area contributed by atoms with Gasteiger partial charge in [-0.2, -0.15) is 0 Å². The molecule has 2 aromatic rings. The summed E-state index contributed by atoms with van der Waals surface area (Å²) in [6.07, 6.45) is 1.93. The average Bonchev–Trinajstić information content (AvgIpc) is 2.62. The van der Waals surface area contributed by atoms with Crippen molar-refractivity contribution in [2.45, 2.75) is 32.0 Å². The molecule has 0 aliphatic carbocycles. The molecule has 2 rings (SSSR count). The molecule has 0 saturated carbocycles. The van der Waals surface area contributed by atoms with E-state index in [1.165, 1.54) is 7.11 Å². The minimum atomic E-state index is 0.0232. The number of rotatable bonds is 8. The number of benzene rings is 2. The van der Waals surface area contributed by atoms with Gasteiger partial charge in [-0.25, -0.2) is 0 Å².